The first-order valence-corrected chi connectivity index (χ1v) is 14.1. The van der Waals surface area contributed by atoms with Gasteiger partial charge in [-0.2, -0.15) is 0 Å². The highest BCUT2D eigenvalue weighted by molar-refractivity contribution is 7.07. The van der Waals surface area contributed by atoms with Gasteiger partial charge in [0.1, 0.15) is 11.5 Å². The summed E-state index contributed by atoms with van der Waals surface area (Å²) >= 11 is 7.13. The molecule has 1 N–H and O–H groups in total. The molecule has 0 amide bonds. The van der Waals surface area contributed by atoms with Crippen LogP contribution in [0.3, 0.4) is 0 Å². The van der Waals surface area contributed by atoms with Crippen LogP contribution in [0.25, 0.3) is 17.4 Å². The van der Waals surface area contributed by atoms with Crippen LogP contribution in [0.1, 0.15) is 41.6 Å². The summed E-state index contributed by atoms with van der Waals surface area (Å²) < 4.78 is 24.2. The number of aromatic nitrogens is 1. The number of thiazole rings is 1. The highest BCUT2D eigenvalue weighted by Crippen LogP contribution is 2.35. The predicted octanol–water partition coefficient (Wildman–Crippen LogP) is 4.43. The van der Waals surface area contributed by atoms with E-state index in [1.807, 2.05) is 13.8 Å². The van der Waals surface area contributed by atoms with Gasteiger partial charge in [-0.05, 0) is 61.9 Å². The summed E-state index contributed by atoms with van der Waals surface area (Å²) in [6.07, 6.45) is 2.98. The van der Waals surface area contributed by atoms with Gasteiger partial charge in [-0.25, -0.2) is 14.6 Å². The van der Waals surface area contributed by atoms with Crippen molar-refractivity contribution in [2.45, 2.75) is 19.9 Å². The third kappa shape index (κ3) is 5.48. The topological polar surface area (TPSA) is 130 Å². The lowest BCUT2D eigenvalue weighted by Crippen LogP contribution is -2.39. The fourth-order valence-corrected chi connectivity index (χ4v) is 5.69. The maximum Gasteiger partial charge on any atom is 0.337 e. The normalized spacial score (nSPS) is 14.5. The van der Waals surface area contributed by atoms with Crippen molar-refractivity contribution in [2.75, 3.05) is 20.3 Å². The van der Waals surface area contributed by atoms with Crippen LogP contribution in [0.2, 0.25) is 5.02 Å². The predicted molar refractivity (Wildman–Crippen MR) is 156 cm³/mol. The summed E-state index contributed by atoms with van der Waals surface area (Å²) in [4.78, 5) is 42.8. The molecule has 1 atom stereocenters. The second-order valence-corrected chi connectivity index (χ2v) is 10.4. The number of fused-ring (bicyclic) bond motifs is 1. The molecule has 0 spiro atoms. The van der Waals surface area contributed by atoms with Crippen LogP contribution in [-0.2, 0) is 9.53 Å². The van der Waals surface area contributed by atoms with Gasteiger partial charge in [0.2, 0.25) is 0 Å². The van der Waals surface area contributed by atoms with Crippen LogP contribution in [0.15, 0.2) is 74.5 Å². The quantitative estimate of drug-likeness (QED) is 0.276. The number of methoxy groups -OCH3 is 1. The van der Waals surface area contributed by atoms with Crippen LogP contribution >= 0.6 is 22.9 Å². The van der Waals surface area contributed by atoms with E-state index in [0.717, 1.165) is 11.3 Å². The van der Waals surface area contributed by atoms with Crippen molar-refractivity contribution < 1.29 is 33.3 Å². The van der Waals surface area contributed by atoms with Crippen molar-refractivity contribution in [2.24, 2.45) is 4.99 Å². The largest absolute Gasteiger partial charge is 0.490 e. The Kier molecular flexibility index (Phi) is 8.32. The van der Waals surface area contributed by atoms with Crippen molar-refractivity contribution in [3.05, 3.63) is 102 Å². The van der Waals surface area contributed by atoms with Gasteiger partial charge in [-0.15, -0.1) is 0 Å². The number of carbonyl (C=O) groups is 2. The van der Waals surface area contributed by atoms with E-state index in [0.29, 0.717) is 56.7 Å². The summed E-state index contributed by atoms with van der Waals surface area (Å²) in [7, 11) is 1.27. The molecule has 0 bridgehead atoms. The van der Waals surface area contributed by atoms with E-state index in [1.54, 1.807) is 42.5 Å². The number of carboxylic acids is 1. The Hall–Kier alpha value is -4.61. The van der Waals surface area contributed by atoms with Gasteiger partial charge in [0, 0.05) is 17.8 Å². The Labute approximate surface area is 248 Å². The van der Waals surface area contributed by atoms with Gasteiger partial charge in [0.15, 0.2) is 16.3 Å². The number of rotatable bonds is 9. The van der Waals surface area contributed by atoms with Crippen LogP contribution in [0.5, 0.6) is 11.5 Å². The summed E-state index contributed by atoms with van der Waals surface area (Å²) in [5.74, 6) is 0.0173. The Morgan fingerprint density at radius 2 is 1.86 bits per heavy atom. The Morgan fingerprint density at radius 3 is 2.57 bits per heavy atom. The average Bonchev–Trinajstić information content (AvgIpc) is 3.58. The second kappa shape index (κ2) is 12.1. The van der Waals surface area contributed by atoms with Gasteiger partial charge in [-0.1, -0.05) is 29.0 Å². The van der Waals surface area contributed by atoms with Crippen LogP contribution in [0.4, 0.5) is 0 Å². The lowest BCUT2D eigenvalue weighted by molar-refractivity contribution is -0.136. The highest BCUT2D eigenvalue weighted by Gasteiger charge is 2.31. The Bertz CT molecular complexity index is 1900. The number of aromatic carboxylic acids is 1. The van der Waals surface area contributed by atoms with E-state index < -0.39 is 18.0 Å². The number of carbonyl (C=O) groups excluding carboxylic acids is 1. The van der Waals surface area contributed by atoms with Crippen molar-refractivity contribution in [3.63, 3.8) is 0 Å². The number of esters is 1. The van der Waals surface area contributed by atoms with Gasteiger partial charge in [-0.3, -0.25) is 9.36 Å². The molecule has 4 aromatic rings. The zero-order chi connectivity index (χ0) is 30.0. The number of carboxylic acid groups (broad SMARTS) is 1. The first-order chi connectivity index (χ1) is 20.2. The molecule has 2 aromatic carbocycles. The third-order valence-corrected chi connectivity index (χ3v) is 7.72. The number of furan rings is 1. The lowest BCUT2D eigenvalue weighted by Gasteiger charge is -2.23. The molecule has 3 heterocycles. The number of hydrogen-bond donors (Lipinski definition) is 1. The van der Waals surface area contributed by atoms with Gasteiger partial charge >= 0.3 is 11.9 Å². The van der Waals surface area contributed by atoms with Crippen molar-refractivity contribution >= 4 is 41.0 Å². The smallest absolute Gasteiger partial charge is 0.337 e. The molecule has 0 radical (unpaired) electrons. The third-order valence-electron chi connectivity index (χ3n) is 6.39. The van der Waals surface area contributed by atoms with E-state index >= 15 is 0 Å². The zero-order valence-electron chi connectivity index (χ0n) is 22.8. The number of hydrogen-bond acceptors (Lipinski definition) is 9. The minimum atomic E-state index is -1.16. The molecular weight excluding hydrogens is 584 g/mol. The molecular formula is C30H25ClN2O8S. The Balaban J connectivity index is 1.59. The molecule has 10 nitrogen and oxygen atoms in total. The minimum Gasteiger partial charge on any atom is -0.490 e. The molecule has 0 saturated heterocycles. The van der Waals surface area contributed by atoms with Crippen LogP contribution in [-0.4, -0.2) is 41.9 Å². The van der Waals surface area contributed by atoms with Gasteiger partial charge in [0.05, 0.1) is 47.1 Å². The van der Waals surface area contributed by atoms with Crippen molar-refractivity contribution in [1.82, 2.24) is 4.57 Å². The lowest BCUT2D eigenvalue weighted by atomic mass is 9.97. The SMILES string of the molecule is CCOc1ccc([C@@H]2C(C(=O)OC)=CN=c3s/c(=C/c4ccc(-c5ccc(Cl)c(C(=O)O)c5)o4)c(=O)n32)cc1OCC. The van der Waals surface area contributed by atoms with Crippen molar-refractivity contribution in [1.29, 1.82) is 0 Å². The fourth-order valence-electron chi connectivity index (χ4n) is 4.54. The first kappa shape index (κ1) is 28.9. The number of ether oxygens (including phenoxy) is 3. The van der Waals surface area contributed by atoms with E-state index in [4.69, 9.17) is 30.2 Å². The number of nitrogens with zero attached hydrogens (tertiary/aromatic N) is 2. The van der Waals surface area contributed by atoms with Gasteiger partial charge < -0.3 is 23.7 Å². The first-order valence-electron chi connectivity index (χ1n) is 12.9. The molecule has 42 heavy (non-hydrogen) atoms. The number of benzene rings is 2. The second-order valence-electron chi connectivity index (χ2n) is 8.95. The average molecular weight is 609 g/mol. The summed E-state index contributed by atoms with van der Waals surface area (Å²) in [6, 6.07) is 12.3. The standard InChI is InChI=1S/C30H25ClN2O8S/c1-4-39-23-10-7-17(13-24(23)40-5-2)26-20(29(37)38-3)15-32-30-33(26)27(34)25(42-30)14-18-8-11-22(41-18)16-6-9-21(31)19(12-16)28(35)36/h6-15,26H,4-5H2,1-3H3,(H,35,36)/b25-14+/t26-/m1/s1. The van der Waals surface area contributed by atoms with E-state index in [9.17, 15) is 19.5 Å². The summed E-state index contributed by atoms with van der Waals surface area (Å²) in [6.45, 7) is 4.55. The van der Waals surface area contributed by atoms with E-state index in [2.05, 4.69) is 4.99 Å². The highest BCUT2D eigenvalue weighted by atomic mass is 35.5. The monoisotopic (exact) mass is 608 g/mol. The Morgan fingerprint density at radius 1 is 1.10 bits per heavy atom. The summed E-state index contributed by atoms with van der Waals surface area (Å²) in [5, 5.41) is 9.50. The molecule has 5 rings (SSSR count). The van der Waals surface area contributed by atoms with Crippen molar-refractivity contribution in [3.8, 4) is 22.8 Å². The zero-order valence-corrected chi connectivity index (χ0v) is 24.3. The van der Waals surface area contributed by atoms with E-state index in [1.165, 1.54) is 30.0 Å². The molecule has 1 aliphatic rings. The van der Waals surface area contributed by atoms with Crippen LogP contribution in [0, 0.1) is 0 Å². The number of halogens is 1. The molecule has 12 heteroatoms. The fraction of sp³-hybridized carbons (Fsp3) is 0.200. The van der Waals surface area contributed by atoms with E-state index in [-0.39, 0.29) is 21.7 Å². The summed E-state index contributed by atoms with van der Waals surface area (Å²) in [5.41, 5.74) is 0.867. The molecule has 1 aliphatic heterocycles. The molecule has 216 valence electrons. The molecule has 2 aromatic heterocycles. The molecule has 0 aliphatic carbocycles. The molecule has 0 unspecified atom stereocenters. The van der Waals surface area contributed by atoms with Gasteiger partial charge in [0.25, 0.3) is 5.56 Å². The maximum atomic E-state index is 13.8. The minimum absolute atomic E-state index is 0.0522. The molecule has 0 fully saturated rings. The maximum absolute atomic E-state index is 13.8. The van der Waals surface area contributed by atoms with Crippen LogP contribution < -0.4 is 24.4 Å². The molecule has 0 saturated carbocycles.